The van der Waals surface area contributed by atoms with Gasteiger partial charge in [-0.1, -0.05) is 30.3 Å². The number of alkyl halides is 1. The van der Waals surface area contributed by atoms with E-state index in [4.69, 9.17) is 17.3 Å². The third kappa shape index (κ3) is 1.78. The Balaban J connectivity index is 2.98. The molecule has 3 heteroatoms. The molecule has 1 rings (SSSR count). The van der Waals surface area contributed by atoms with Gasteiger partial charge in [0.15, 0.2) is 5.72 Å². The van der Waals surface area contributed by atoms with Crippen LogP contribution in [-0.4, -0.2) is 10.5 Å². The van der Waals surface area contributed by atoms with E-state index in [-0.39, 0.29) is 0 Å². The van der Waals surface area contributed by atoms with E-state index in [1.54, 1.807) is 19.1 Å². The third-order valence-electron chi connectivity index (χ3n) is 1.84. The van der Waals surface area contributed by atoms with Crippen LogP contribution < -0.4 is 5.73 Å². The van der Waals surface area contributed by atoms with Crippen molar-refractivity contribution in [2.24, 2.45) is 5.73 Å². The Morgan fingerprint density at radius 2 is 1.92 bits per heavy atom. The zero-order valence-corrected chi connectivity index (χ0v) is 7.62. The molecule has 12 heavy (non-hydrogen) atoms. The van der Waals surface area contributed by atoms with Gasteiger partial charge in [-0.25, -0.2) is 0 Å². The standard InChI is InChI=1S/C9H12ClNO/c1-7(10)9(11,12)8-5-3-2-4-6-8/h2-7,12H,11H2,1H3. The summed E-state index contributed by atoms with van der Waals surface area (Å²) < 4.78 is 0. The van der Waals surface area contributed by atoms with Crippen molar-refractivity contribution in [3.8, 4) is 0 Å². The summed E-state index contributed by atoms with van der Waals surface area (Å²) in [5.41, 5.74) is 4.79. The van der Waals surface area contributed by atoms with E-state index in [0.717, 1.165) is 0 Å². The molecule has 0 aliphatic heterocycles. The lowest BCUT2D eigenvalue weighted by molar-refractivity contribution is 0.0434. The fourth-order valence-corrected chi connectivity index (χ4v) is 1.06. The molecule has 0 spiro atoms. The van der Waals surface area contributed by atoms with Crippen LogP contribution >= 0.6 is 11.6 Å². The van der Waals surface area contributed by atoms with Crippen LogP contribution in [0, 0.1) is 0 Å². The lowest BCUT2D eigenvalue weighted by Gasteiger charge is -2.25. The Morgan fingerprint density at radius 3 is 2.33 bits per heavy atom. The van der Waals surface area contributed by atoms with Crippen molar-refractivity contribution in [1.29, 1.82) is 0 Å². The zero-order chi connectivity index (χ0) is 9.19. The minimum absolute atomic E-state index is 0.514. The molecule has 1 aromatic rings. The van der Waals surface area contributed by atoms with Crippen molar-refractivity contribution >= 4 is 11.6 Å². The second-order valence-electron chi connectivity index (χ2n) is 2.81. The Kier molecular flexibility index (Phi) is 2.73. The van der Waals surface area contributed by atoms with Gasteiger partial charge in [-0.2, -0.15) is 0 Å². The average molecular weight is 186 g/mol. The van der Waals surface area contributed by atoms with Crippen molar-refractivity contribution < 1.29 is 5.11 Å². The molecule has 2 nitrogen and oxygen atoms in total. The first-order valence-electron chi connectivity index (χ1n) is 3.76. The molecule has 1 aromatic carbocycles. The molecule has 0 bridgehead atoms. The number of hydrogen-bond acceptors (Lipinski definition) is 2. The highest BCUT2D eigenvalue weighted by Gasteiger charge is 2.29. The van der Waals surface area contributed by atoms with Crippen LogP contribution in [0.4, 0.5) is 0 Å². The van der Waals surface area contributed by atoms with E-state index in [1.165, 1.54) is 0 Å². The molecule has 66 valence electrons. The average Bonchev–Trinajstić information content (AvgIpc) is 2.06. The van der Waals surface area contributed by atoms with Crippen molar-refractivity contribution in [3.63, 3.8) is 0 Å². The van der Waals surface area contributed by atoms with Crippen molar-refractivity contribution in [2.75, 3.05) is 0 Å². The molecular formula is C9H12ClNO. The van der Waals surface area contributed by atoms with Gasteiger partial charge >= 0.3 is 0 Å². The first kappa shape index (κ1) is 9.52. The van der Waals surface area contributed by atoms with Gasteiger partial charge in [0.1, 0.15) is 0 Å². The number of hydrogen-bond donors (Lipinski definition) is 2. The number of nitrogens with two attached hydrogens (primary N) is 1. The summed E-state index contributed by atoms with van der Waals surface area (Å²) >= 11 is 5.73. The number of benzene rings is 1. The maximum absolute atomic E-state index is 9.71. The van der Waals surface area contributed by atoms with Gasteiger partial charge in [-0.05, 0) is 12.5 Å². The first-order chi connectivity index (χ1) is 5.55. The molecule has 0 radical (unpaired) electrons. The summed E-state index contributed by atoms with van der Waals surface area (Å²) in [6.45, 7) is 1.66. The topological polar surface area (TPSA) is 46.2 Å². The summed E-state index contributed by atoms with van der Waals surface area (Å²) in [5, 5.41) is 9.19. The predicted octanol–water partition coefficient (Wildman–Crippen LogP) is 1.42. The van der Waals surface area contributed by atoms with Gasteiger partial charge in [0.05, 0.1) is 5.38 Å². The molecular weight excluding hydrogens is 174 g/mol. The summed E-state index contributed by atoms with van der Waals surface area (Å²) in [6.07, 6.45) is 0. The third-order valence-corrected chi connectivity index (χ3v) is 2.18. The van der Waals surface area contributed by atoms with Gasteiger partial charge in [-0.3, -0.25) is 5.73 Å². The van der Waals surface area contributed by atoms with E-state index < -0.39 is 11.1 Å². The van der Waals surface area contributed by atoms with Crippen LogP contribution in [0.25, 0.3) is 0 Å². The molecule has 0 aliphatic carbocycles. The molecule has 0 aliphatic rings. The minimum Gasteiger partial charge on any atom is -0.370 e. The molecule has 0 heterocycles. The number of halogens is 1. The SMILES string of the molecule is CC(Cl)C(N)(O)c1ccccc1. The highest BCUT2D eigenvalue weighted by molar-refractivity contribution is 6.21. The number of rotatable bonds is 2. The normalized spacial score (nSPS) is 18.3. The fourth-order valence-electron chi connectivity index (χ4n) is 0.935. The monoisotopic (exact) mass is 185 g/mol. The molecule has 0 fully saturated rings. The van der Waals surface area contributed by atoms with Gasteiger partial charge in [0.25, 0.3) is 0 Å². The largest absolute Gasteiger partial charge is 0.370 e. The van der Waals surface area contributed by atoms with Crippen LogP contribution in [0.5, 0.6) is 0 Å². The van der Waals surface area contributed by atoms with Gasteiger partial charge in [-0.15, -0.1) is 11.6 Å². The smallest absolute Gasteiger partial charge is 0.155 e. The summed E-state index contributed by atoms with van der Waals surface area (Å²) in [4.78, 5) is 0. The molecule has 0 amide bonds. The van der Waals surface area contributed by atoms with Crippen molar-refractivity contribution in [1.82, 2.24) is 0 Å². The fraction of sp³-hybridized carbons (Fsp3) is 0.333. The molecule has 0 aromatic heterocycles. The van der Waals surface area contributed by atoms with Crippen LogP contribution in [-0.2, 0) is 5.72 Å². The van der Waals surface area contributed by atoms with E-state index in [9.17, 15) is 5.11 Å². The Labute approximate surface area is 77.0 Å². The van der Waals surface area contributed by atoms with Gasteiger partial charge < -0.3 is 5.11 Å². The quantitative estimate of drug-likeness (QED) is 0.541. The second kappa shape index (κ2) is 3.44. The highest BCUT2D eigenvalue weighted by Crippen LogP contribution is 2.22. The van der Waals surface area contributed by atoms with E-state index in [2.05, 4.69) is 0 Å². The van der Waals surface area contributed by atoms with E-state index in [1.807, 2.05) is 18.2 Å². The van der Waals surface area contributed by atoms with Crippen LogP contribution in [0.3, 0.4) is 0 Å². The van der Waals surface area contributed by atoms with E-state index in [0.29, 0.717) is 5.56 Å². The van der Waals surface area contributed by atoms with E-state index >= 15 is 0 Å². The summed E-state index contributed by atoms with van der Waals surface area (Å²) in [7, 11) is 0. The molecule has 0 saturated heterocycles. The van der Waals surface area contributed by atoms with Gasteiger partial charge in [0, 0.05) is 0 Å². The van der Waals surface area contributed by atoms with Crippen LogP contribution in [0.1, 0.15) is 12.5 Å². The highest BCUT2D eigenvalue weighted by atomic mass is 35.5. The first-order valence-corrected chi connectivity index (χ1v) is 4.19. The summed E-state index contributed by atoms with van der Waals surface area (Å²) in [5.74, 6) is 0. The van der Waals surface area contributed by atoms with Crippen molar-refractivity contribution in [2.45, 2.75) is 18.0 Å². The Hall–Kier alpha value is -0.570. The van der Waals surface area contributed by atoms with Gasteiger partial charge in [0.2, 0.25) is 0 Å². The molecule has 3 N–H and O–H groups in total. The lowest BCUT2D eigenvalue weighted by atomic mass is 10.0. The molecule has 2 atom stereocenters. The maximum Gasteiger partial charge on any atom is 0.155 e. The summed E-state index contributed by atoms with van der Waals surface area (Å²) in [6, 6.07) is 8.98. The second-order valence-corrected chi connectivity index (χ2v) is 3.46. The Bertz CT molecular complexity index is 246. The van der Waals surface area contributed by atoms with Crippen molar-refractivity contribution in [3.05, 3.63) is 35.9 Å². The molecule has 2 unspecified atom stereocenters. The zero-order valence-electron chi connectivity index (χ0n) is 6.87. The van der Waals surface area contributed by atoms with Crippen LogP contribution in [0.2, 0.25) is 0 Å². The lowest BCUT2D eigenvalue weighted by Crippen LogP contribution is -2.43. The maximum atomic E-state index is 9.71. The Morgan fingerprint density at radius 1 is 1.42 bits per heavy atom. The minimum atomic E-state index is -1.44. The molecule has 0 saturated carbocycles. The van der Waals surface area contributed by atoms with Crippen LogP contribution in [0.15, 0.2) is 30.3 Å². The predicted molar refractivity (Wildman–Crippen MR) is 49.8 cm³/mol. The number of aliphatic hydroxyl groups is 1.